The first-order chi connectivity index (χ1) is 15.1. The minimum absolute atomic E-state index is 0.0527. The van der Waals surface area contributed by atoms with E-state index in [1.165, 1.54) is 46.6 Å². The molecule has 1 rings (SSSR count). The topological polar surface area (TPSA) is 69.4 Å². The van der Waals surface area contributed by atoms with Gasteiger partial charge in [0.25, 0.3) is 5.69 Å². The number of carbonyl (C=O) groups is 1. The van der Waals surface area contributed by atoms with Crippen LogP contribution in [0, 0.1) is 10.1 Å². The summed E-state index contributed by atoms with van der Waals surface area (Å²) >= 11 is 0. The summed E-state index contributed by atoms with van der Waals surface area (Å²) in [5, 5.41) is 10.8. The first-order valence-electron chi connectivity index (χ1n) is 11.1. The van der Waals surface area contributed by atoms with Crippen molar-refractivity contribution < 1.29 is 14.5 Å². The lowest BCUT2D eigenvalue weighted by Gasteiger charge is -2.15. The van der Waals surface area contributed by atoms with Gasteiger partial charge in [0.1, 0.15) is 6.10 Å². The number of ether oxygens (including phenoxy) is 1. The first-order valence-corrected chi connectivity index (χ1v) is 11.1. The Hall–Kier alpha value is -2.95. The minimum atomic E-state index is -0.487. The SMILES string of the molecule is CC(C)=CCCC(C)=CCC(C=C(C)CCC=C(C)C)OC(=O)c1ccc([N+](=O)[O-])cc1. The van der Waals surface area contributed by atoms with Crippen molar-refractivity contribution in [2.24, 2.45) is 0 Å². The second-order valence-corrected chi connectivity index (χ2v) is 8.69. The van der Waals surface area contributed by atoms with E-state index in [2.05, 4.69) is 59.8 Å². The predicted octanol–water partition coefficient (Wildman–Crippen LogP) is 7.90. The summed E-state index contributed by atoms with van der Waals surface area (Å²) < 4.78 is 5.77. The Bertz CT molecular complexity index is 881. The molecule has 174 valence electrons. The molecule has 0 aliphatic heterocycles. The van der Waals surface area contributed by atoms with E-state index < -0.39 is 10.9 Å². The molecule has 5 nitrogen and oxygen atoms in total. The molecule has 1 atom stereocenters. The van der Waals surface area contributed by atoms with E-state index in [9.17, 15) is 14.9 Å². The fourth-order valence-electron chi connectivity index (χ4n) is 3.07. The van der Waals surface area contributed by atoms with Gasteiger partial charge in [0.15, 0.2) is 0 Å². The van der Waals surface area contributed by atoms with Crippen molar-refractivity contribution in [2.75, 3.05) is 0 Å². The average Bonchev–Trinajstić information content (AvgIpc) is 2.71. The van der Waals surface area contributed by atoms with Crippen molar-refractivity contribution in [3.05, 3.63) is 86.5 Å². The molecule has 0 aliphatic carbocycles. The Labute approximate surface area is 192 Å². The highest BCUT2D eigenvalue weighted by Crippen LogP contribution is 2.18. The number of non-ortho nitro benzene ring substituents is 1. The summed E-state index contributed by atoms with van der Waals surface area (Å²) in [4.78, 5) is 23.0. The second kappa shape index (κ2) is 14.2. The van der Waals surface area contributed by atoms with E-state index in [4.69, 9.17) is 4.74 Å². The first kappa shape index (κ1) is 27.1. The van der Waals surface area contributed by atoms with Gasteiger partial charge in [-0.3, -0.25) is 10.1 Å². The molecule has 32 heavy (non-hydrogen) atoms. The fourth-order valence-corrected chi connectivity index (χ4v) is 3.07. The standard InChI is InChI=1S/C27H37NO4/c1-20(2)9-7-11-22(5)13-18-26(19-23(6)12-8-10-21(3)4)32-27(29)24-14-16-25(17-15-24)28(30)31/h9-10,13-17,19,26H,7-8,11-12,18H2,1-6H3. The molecule has 0 heterocycles. The molecule has 1 aromatic carbocycles. The number of allylic oxidation sites excluding steroid dienone is 6. The van der Waals surface area contributed by atoms with Gasteiger partial charge in [0.2, 0.25) is 0 Å². The molecule has 0 spiro atoms. The molecule has 0 radical (unpaired) electrons. The van der Waals surface area contributed by atoms with Gasteiger partial charge in [-0.15, -0.1) is 0 Å². The van der Waals surface area contributed by atoms with Crippen molar-refractivity contribution in [3.63, 3.8) is 0 Å². The van der Waals surface area contributed by atoms with Gasteiger partial charge >= 0.3 is 5.97 Å². The van der Waals surface area contributed by atoms with E-state index in [0.717, 1.165) is 25.7 Å². The number of nitrogens with zero attached hydrogens (tertiary/aromatic N) is 1. The average molecular weight is 440 g/mol. The molecule has 0 fully saturated rings. The lowest BCUT2D eigenvalue weighted by atomic mass is 10.0. The van der Waals surface area contributed by atoms with Crippen molar-refractivity contribution in [2.45, 2.75) is 79.8 Å². The third-order valence-electron chi connectivity index (χ3n) is 4.92. The number of nitro benzene ring substituents is 1. The number of carbonyl (C=O) groups excluding carboxylic acids is 1. The molecular weight excluding hydrogens is 402 g/mol. The number of esters is 1. The van der Waals surface area contributed by atoms with Crippen LogP contribution in [-0.4, -0.2) is 17.0 Å². The number of benzene rings is 1. The Balaban J connectivity index is 2.92. The molecule has 5 heteroatoms. The smallest absolute Gasteiger partial charge is 0.338 e. The summed E-state index contributed by atoms with van der Waals surface area (Å²) in [5.41, 5.74) is 5.27. The van der Waals surface area contributed by atoms with Crippen LogP contribution < -0.4 is 0 Å². The Morgan fingerprint density at radius 2 is 1.44 bits per heavy atom. The number of hydrogen-bond donors (Lipinski definition) is 0. The molecule has 1 aromatic rings. The molecule has 0 aliphatic rings. The van der Waals surface area contributed by atoms with E-state index in [-0.39, 0.29) is 11.8 Å². The van der Waals surface area contributed by atoms with Gasteiger partial charge in [-0.25, -0.2) is 4.79 Å². The summed E-state index contributed by atoms with van der Waals surface area (Å²) in [6.45, 7) is 12.5. The molecule has 0 amide bonds. The van der Waals surface area contributed by atoms with Gasteiger partial charge in [-0.1, -0.05) is 40.5 Å². The van der Waals surface area contributed by atoms with Crippen LogP contribution in [0.5, 0.6) is 0 Å². The van der Waals surface area contributed by atoms with Crippen LogP contribution in [0.25, 0.3) is 0 Å². The maximum atomic E-state index is 12.7. The fraction of sp³-hybridized carbons (Fsp3) is 0.444. The van der Waals surface area contributed by atoms with Crippen molar-refractivity contribution in [1.82, 2.24) is 0 Å². The highest BCUT2D eigenvalue weighted by atomic mass is 16.6. The number of nitro groups is 1. The zero-order valence-corrected chi connectivity index (χ0v) is 20.3. The summed E-state index contributed by atoms with van der Waals surface area (Å²) in [6.07, 6.45) is 12.6. The summed E-state index contributed by atoms with van der Waals surface area (Å²) in [6, 6.07) is 5.51. The molecule has 0 saturated carbocycles. The Morgan fingerprint density at radius 1 is 0.906 bits per heavy atom. The Morgan fingerprint density at radius 3 is 1.94 bits per heavy atom. The zero-order chi connectivity index (χ0) is 24.1. The van der Waals surface area contributed by atoms with Crippen LogP contribution in [0.1, 0.15) is 84.0 Å². The quantitative estimate of drug-likeness (QED) is 0.144. The van der Waals surface area contributed by atoms with Crippen LogP contribution in [0.4, 0.5) is 5.69 Å². The molecule has 1 unspecified atom stereocenters. The molecule has 0 saturated heterocycles. The molecule has 0 bridgehead atoms. The van der Waals surface area contributed by atoms with Crippen molar-refractivity contribution in [3.8, 4) is 0 Å². The third kappa shape index (κ3) is 11.4. The highest BCUT2D eigenvalue weighted by Gasteiger charge is 2.15. The minimum Gasteiger partial charge on any atom is -0.454 e. The zero-order valence-electron chi connectivity index (χ0n) is 20.3. The monoisotopic (exact) mass is 439 g/mol. The van der Waals surface area contributed by atoms with E-state index in [1.54, 1.807) is 0 Å². The van der Waals surface area contributed by atoms with Crippen LogP contribution in [0.2, 0.25) is 0 Å². The molecule has 0 N–H and O–H groups in total. The van der Waals surface area contributed by atoms with Gasteiger partial charge in [-0.05, 0) is 85.4 Å². The van der Waals surface area contributed by atoms with Gasteiger partial charge in [0, 0.05) is 18.6 Å². The predicted molar refractivity (Wildman–Crippen MR) is 132 cm³/mol. The second-order valence-electron chi connectivity index (χ2n) is 8.69. The normalized spacial score (nSPS) is 12.7. The number of hydrogen-bond acceptors (Lipinski definition) is 4. The molecule has 0 aromatic heterocycles. The lowest BCUT2D eigenvalue weighted by Crippen LogP contribution is -2.16. The third-order valence-corrected chi connectivity index (χ3v) is 4.92. The molecular formula is C27H37NO4. The van der Waals surface area contributed by atoms with Gasteiger partial charge in [-0.2, -0.15) is 0 Å². The maximum Gasteiger partial charge on any atom is 0.338 e. The lowest BCUT2D eigenvalue weighted by molar-refractivity contribution is -0.384. The van der Waals surface area contributed by atoms with Crippen LogP contribution >= 0.6 is 0 Å². The van der Waals surface area contributed by atoms with Crippen LogP contribution in [-0.2, 0) is 4.74 Å². The Kier molecular flexibility index (Phi) is 12.0. The van der Waals surface area contributed by atoms with Crippen molar-refractivity contribution in [1.29, 1.82) is 0 Å². The van der Waals surface area contributed by atoms with Gasteiger partial charge in [0.05, 0.1) is 10.5 Å². The summed E-state index contributed by atoms with van der Waals surface area (Å²) in [5.74, 6) is -0.478. The van der Waals surface area contributed by atoms with E-state index >= 15 is 0 Å². The van der Waals surface area contributed by atoms with Crippen molar-refractivity contribution >= 4 is 11.7 Å². The van der Waals surface area contributed by atoms with Crippen LogP contribution in [0.3, 0.4) is 0 Å². The summed E-state index contributed by atoms with van der Waals surface area (Å²) in [7, 11) is 0. The van der Waals surface area contributed by atoms with Crippen LogP contribution in [0.15, 0.2) is 70.9 Å². The largest absolute Gasteiger partial charge is 0.454 e. The number of rotatable bonds is 12. The highest BCUT2D eigenvalue weighted by molar-refractivity contribution is 5.89. The van der Waals surface area contributed by atoms with E-state index in [0.29, 0.717) is 12.0 Å². The van der Waals surface area contributed by atoms with E-state index in [1.807, 2.05) is 6.08 Å². The van der Waals surface area contributed by atoms with Gasteiger partial charge < -0.3 is 4.74 Å². The maximum absolute atomic E-state index is 12.7.